The second-order valence-electron chi connectivity index (χ2n) is 4.34. The number of nitrogens with one attached hydrogen (secondary N) is 1. The number of carbonyl (C=O) groups excluding carboxylic acids is 1. The van der Waals surface area contributed by atoms with E-state index in [4.69, 9.17) is 4.74 Å². The van der Waals surface area contributed by atoms with Gasteiger partial charge in [0.1, 0.15) is 18.1 Å². The number of carbonyl (C=O) groups is 1. The molecule has 2 rings (SSSR count). The average molecular weight is 300 g/mol. The van der Waals surface area contributed by atoms with Crippen LogP contribution in [0.5, 0.6) is 5.75 Å². The minimum atomic E-state index is -0.200. The van der Waals surface area contributed by atoms with Crippen molar-refractivity contribution in [2.45, 2.75) is 13.8 Å². The number of hydrogen-bond donors (Lipinski definition) is 1. The lowest BCUT2D eigenvalue weighted by Crippen LogP contribution is -2.23. The highest BCUT2D eigenvalue weighted by molar-refractivity contribution is 7.09. The van der Waals surface area contributed by atoms with Gasteiger partial charge in [-0.15, -0.1) is 11.3 Å². The predicted octanol–water partition coefficient (Wildman–Crippen LogP) is 2.57. The molecular formula is C16H16N2O2S. The van der Waals surface area contributed by atoms with E-state index in [9.17, 15) is 4.79 Å². The minimum absolute atomic E-state index is 0.200. The normalized spacial score (nSPS) is 9.62. The Morgan fingerprint density at radius 3 is 2.86 bits per heavy atom. The molecule has 0 fully saturated rings. The fraction of sp³-hybridized carbons (Fsp3) is 0.250. The fourth-order valence-corrected chi connectivity index (χ4v) is 2.22. The highest BCUT2D eigenvalue weighted by Crippen LogP contribution is 2.15. The van der Waals surface area contributed by atoms with E-state index in [1.165, 1.54) is 11.3 Å². The van der Waals surface area contributed by atoms with Gasteiger partial charge in [-0.3, -0.25) is 4.79 Å². The number of aryl methyl sites for hydroxylation is 2. The van der Waals surface area contributed by atoms with Crippen LogP contribution in [0.1, 0.15) is 21.1 Å². The smallest absolute Gasteiger partial charge is 0.271 e. The zero-order valence-corrected chi connectivity index (χ0v) is 12.8. The van der Waals surface area contributed by atoms with Crippen molar-refractivity contribution >= 4 is 17.2 Å². The van der Waals surface area contributed by atoms with Gasteiger partial charge in [0.2, 0.25) is 0 Å². The fourth-order valence-electron chi connectivity index (χ4n) is 1.63. The lowest BCUT2D eigenvalue weighted by atomic mass is 10.2. The predicted molar refractivity (Wildman–Crippen MR) is 83.6 cm³/mol. The maximum absolute atomic E-state index is 11.7. The number of ether oxygens (including phenoxy) is 1. The molecule has 4 nitrogen and oxygen atoms in total. The van der Waals surface area contributed by atoms with E-state index in [1.807, 2.05) is 38.1 Å². The molecule has 0 radical (unpaired) electrons. The Labute approximate surface area is 128 Å². The minimum Gasteiger partial charge on any atom is -0.481 e. The molecule has 2 aromatic rings. The molecule has 1 aromatic carbocycles. The van der Waals surface area contributed by atoms with Gasteiger partial charge in [0.25, 0.3) is 5.91 Å². The van der Waals surface area contributed by atoms with Gasteiger partial charge in [-0.1, -0.05) is 30.0 Å². The van der Waals surface area contributed by atoms with Crippen LogP contribution in [0.3, 0.4) is 0 Å². The first-order chi connectivity index (χ1) is 10.2. The zero-order valence-electron chi connectivity index (χ0n) is 12.0. The average Bonchev–Trinajstić information content (AvgIpc) is 2.91. The largest absolute Gasteiger partial charge is 0.481 e. The maximum Gasteiger partial charge on any atom is 0.271 e. The van der Waals surface area contributed by atoms with Crippen molar-refractivity contribution in [3.63, 3.8) is 0 Å². The second kappa shape index (κ2) is 7.46. The monoisotopic (exact) mass is 300 g/mol. The molecule has 108 valence electrons. The van der Waals surface area contributed by atoms with Crippen LogP contribution in [-0.2, 0) is 0 Å². The highest BCUT2D eigenvalue weighted by Gasteiger charge is 2.06. The summed E-state index contributed by atoms with van der Waals surface area (Å²) in [5, 5.41) is 5.31. The van der Waals surface area contributed by atoms with Gasteiger partial charge < -0.3 is 10.1 Å². The molecule has 0 saturated carbocycles. The first kappa shape index (κ1) is 15.1. The summed E-state index contributed by atoms with van der Waals surface area (Å²) in [5.74, 6) is 6.35. The number of nitrogens with zero attached hydrogens (tertiary/aromatic N) is 1. The Morgan fingerprint density at radius 2 is 2.14 bits per heavy atom. The molecule has 1 aromatic heterocycles. The third kappa shape index (κ3) is 4.62. The molecule has 0 unspecified atom stereocenters. The summed E-state index contributed by atoms with van der Waals surface area (Å²) in [7, 11) is 0. The number of rotatable bonds is 4. The van der Waals surface area contributed by atoms with E-state index < -0.39 is 0 Å². The van der Waals surface area contributed by atoms with Crippen molar-refractivity contribution in [2.24, 2.45) is 0 Å². The molecule has 21 heavy (non-hydrogen) atoms. The van der Waals surface area contributed by atoms with Crippen molar-refractivity contribution in [2.75, 3.05) is 13.2 Å². The summed E-state index contributed by atoms with van der Waals surface area (Å²) >= 11 is 1.45. The summed E-state index contributed by atoms with van der Waals surface area (Å²) in [4.78, 5) is 15.8. The first-order valence-electron chi connectivity index (χ1n) is 6.51. The van der Waals surface area contributed by atoms with E-state index in [0.717, 1.165) is 16.3 Å². The Balaban J connectivity index is 1.72. The highest BCUT2D eigenvalue weighted by atomic mass is 32.1. The molecule has 0 saturated heterocycles. The molecule has 0 aliphatic carbocycles. The number of para-hydroxylation sites is 1. The first-order valence-corrected chi connectivity index (χ1v) is 7.39. The molecule has 1 amide bonds. The van der Waals surface area contributed by atoms with Crippen molar-refractivity contribution in [3.05, 3.63) is 45.9 Å². The van der Waals surface area contributed by atoms with Gasteiger partial charge in [0.05, 0.1) is 11.6 Å². The summed E-state index contributed by atoms with van der Waals surface area (Å²) in [6, 6.07) is 7.78. The number of amides is 1. The molecule has 0 aliphatic rings. The van der Waals surface area contributed by atoms with Gasteiger partial charge in [0.15, 0.2) is 0 Å². The Hall–Kier alpha value is -2.32. The van der Waals surface area contributed by atoms with Gasteiger partial charge >= 0.3 is 0 Å². The Morgan fingerprint density at radius 1 is 1.33 bits per heavy atom. The summed E-state index contributed by atoms with van der Waals surface area (Å²) < 4.78 is 5.53. The van der Waals surface area contributed by atoms with Crippen LogP contribution < -0.4 is 10.1 Å². The SMILES string of the molecule is Cc1nc(C(=O)NCC#CCOc2ccccc2C)cs1. The van der Waals surface area contributed by atoms with Gasteiger partial charge in [0, 0.05) is 5.38 Å². The standard InChI is InChI=1S/C16H16N2O2S/c1-12-7-3-4-8-15(12)20-10-6-5-9-17-16(19)14-11-21-13(2)18-14/h3-4,7-8,11H,9-10H2,1-2H3,(H,17,19). The Kier molecular flexibility index (Phi) is 5.35. The lowest BCUT2D eigenvalue weighted by molar-refractivity contribution is 0.0954. The topological polar surface area (TPSA) is 51.2 Å². The third-order valence-electron chi connectivity index (χ3n) is 2.71. The third-order valence-corrected chi connectivity index (χ3v) is 3.48. The van der Waals surface area contributed by atoms with Crippen molar-refractivity contribution in [1.82, 2.24) is 10.3 Å². The van der Waals surface area contributed by atoms with Gasteiger partial charge in [-0.25, -0.2) is 4.98 Å². The molecule has 0 atom stereocenters. The number of benzene rings is 1. The zero-order chi connectivity index (χ0) is 15.1. The van der Waals surface area contributed by atoms with Crippen molar-refractivity contribution < 1.29 is 9.53 Å². The molecule has 0 spiro atoms. The van der Waals surface area contributed by atoms with Crippen LogP contribution in [0.15, 0.2) is 29.6 Å². The van der Waals surface area contributed by atoms with Crippen molar-refractivity contribution in [3.8, 4) is 17.6 Å². The van der Waals surface area contributed by atoms with Crippen LogP contribution in [-0.4, -0.2) is 24.0 Å². The van der Waals surface area contributed by atoms with Gasteiger partial charge in [-0.2, -0.15) is 0 Å². The lowest BCUT2D eigenvalue weighted by Gasteiger charge is -2.04. The quantitative estimate of drug-likeness (QED) is 0.883. The molecule has 5 heteroatoms. The van der Waals surface area contributed by atoms with Crippen LogP contribution >= 0.6 is 11.3 Å². The van der Waals surface area contributed by atoms with Gasteiger partial charge in [-0.05, 0) is 25.5 Å². The van der Waals surface area contributed by atoms with Crippen LogP contribution in [0.25, 0.3) is 0 Å². The molecule has 1 heterocycles. The maximum atomic E-state index is 11.7. The number of hydrogen-bond acceptors (Lipinski definition) is 4. The van der Waals surface area contributed by atoms with E-state index in [-0.39, 0.29) is 12.5 Å². The summed E-state index contributed by atoms with van der Waals surface area (Å²) in [6.45, 7) is 4.44. The number of thiazole rings is 1. The summed E-state index contributed by atoms with van der Waals surface area (Å²) in [6.07, 6.45) is 0. The van der Waals surface area contributed by atoms with Crippen LogP contribution in [0.2, 0.25) is 0 Å². The van der Waals surface area contributed by atoms with E-state index >= 15 is 0 Å². The van der Waals surface area contributed by atoms with E-state index in [2.05, 4.69) is 22.1 Å². The second-order valence-corrected chi connectivity index (χ2v) is 5.40. The molecule has 1 N–H and O–H groups in total. The molecule has 0 bridgehead atoms. The summed E-state index contributed by atoms with van der Waals surface area (Å²) in [5.41, 5.74) is 1.52. The molecule has 0 aliphatic heterocycles. The van der Waals surface area contributed by atoms with Crippen LogP contribution in [0, 0.1) is 25.7 Å². The van der Waals surface area contributed by atoms with Crippen molar-refractivity contribution in [1.29, 1.82) is 0 Å². The van der Waals surface area contributed by atoms with Crippen LogP contribution in [0.4, 0.5) is 0 Å². The number of aromatic nitrogens is 1. The Bertz CT molecular complexity index is 683. The van der Waals surface area contributed by atoms with E-state index in [0.29, 0.717) is 12.3 Å². The van der Waals surface area contributed by atoms with E-state index in [1.54, 1.807) is 5.38 Å². The molecular weight excluding hydrogens is 284 g/mol.